The van der Waals surface area contributed by atoms with Gasteiger partial charge >= 0.3 is 0 Å². The Morgan fingerprint density at radius 2 is 2.31 bits per heavy atom. The van der Waals surface area contributed by atoms with Crippen LogP contribution in [0.5, 0.6) is 5.75 Å². The molecule has 0 fully saturated rings. The molecular weight excluding hydrogens is 206 g/mol. The summed E-state index contributed by atoms with van der Waals surface area (Å²) in [4.78, 5) is 0. The molecule has 0 aliphatic carbocycles. The molecule has 16 heavy (non-hydrogen) atoms. The minimum atomic E-state index is 0.198. The van der Waals surface area contributed by atoms with Crippen molar-refractivity contribution in [2.75, 3.05) is 6.61 Å². The van der Waals surface area contributed by atoms with Gasteiger partial charge in [0, 0.05) is 13.3 Å². The van der Waals surface area contributed by atoms with E-state index >= 15 is 0 Å². The summed E-state index contributed by atoms with van der Waals surface area (Å²) in [6, 6.07) is 7.48. The minimum Gasteiger partial charge on any atom is -0.486 e. The van der Waals surface area contributed by atoms with Gasteiger partial charge < -0.3 is 16.3 Å². The summed E-state index contributed by atoms with van der Waals surface area (Å²) in [6.07, 6.45) is 0. The van der Waals surface area contributed by atoms with Gasteiger partial charge in [-0.05, 0) is 17.7 Å². The number of nitrogens with one attached hydrogen (secondary N) is 1. The van der Waals surface area contributed by atoms with Gasteiger partial charge in [0.2, 0.25) is 0 Å². The number of nitrogens with zero attached hydrogens (tertiary/aromatic N) is 2. The van der Waals surface area contributed by atoms with Crippen LogP contribution in [0.4, 0.5) is 0 Å². The van der Waals surface area contributed by atoms with Crippen LogP contribution in [0.3, 0.4) is 0 Å². The second-order valence-corrected chi connectivity index (χ2v) is 2.99. The fourth-order valence-corrected chi connectivity index (χ4v) is 1.10. The Hall–Kier alpha value is -2.08. The van der Waals surface area contributed by atoms with E-state index in [1.807, 2.05) is 24.3 Å². The molecule has 0 amide bonds. The van der Waals surface area contributed by atoms with Gasteiger partial charge in [0.05, 0.1) is 0 Å². The van der Waals surface area contributed by atoms with Crippen LogP contribution >= 0.6 is 0 Å². The van der Waals surface area contributed by atoms with E-state index in [0.29, 0.717) is 18.1 Å². The highest BCUT2D eigenvalue weighted by atomic mass is 16.5. The lowest BCUT2D eigenvalue weighted by molar-refractivity contribution is 0.371. The van der Waals surface area contributed by atoms with Crippen molar-refractivity contribution in [1.82, 2.24) is 5.43 Å². The lowest BCUT2D eigenvalue weighted by Crippen LogP contribution is -2.26. The molecule has 0 unspecified atom stereocenters. The monoisotopic (exact) mass is 221 g/mol. The van der Waals surface area contributed by atoms with E-state index in [2.05, 4.69) is 22.3 Å². The molecule has 0 aromatic heterocycles. The minimum absolute atomic E-state index is 0.198. The number of ether oxygens (including phenoxy) is 1. The van der Waals surface area contributed by atoms with Crippen molar-refractivity contribution >= 4 is 12.6 Å². The van der Waals surface area contributed by atoms with Gasteiger partial charge in [-0.15, -0.1) is 0 Å². The number of hydrogen-bond acceptors (Lipinski definition) is 5. The Balaban J connectivity index is 2.56. The number of hydrogen-bond donors (Lipinski definition) is 3. The Morgan fingerprint density at radius 1 is 1.50 bits per heavy atom. The molecule has 6 nitrogen and oxygen atoms in total. The second kappa shape index (κ2) is 6.41. The van der Waals surface area contributed by atoms with Crippen molar-refractivity contribution in [2.45, 2.75) is 6.54 Å². The predicted octanol–water partition coefficient (Wildman–Crippen LogP) is 0.00150. The Morgan fingerprint density at radius 3 is 2.94 bits per heavy atom. The smallest absolute Gasteiger partial charge is 0.180 e. The molecule has 0 spiro atoms. The third-order valence-electron chi connectivity index (χ3n) is 1.87. The Labute approximate surface area is 94.0 Å². The topological polar surface area (TPSA) is 98.0 Å². The van der Waals surface area contributed by atoms with Crippen molar-refractivity contribution in [2.24, 2.45) is 21.8 Å². The third kappa shape index (κ3) is 3.58. The first kappa shape index (κ1) is 12.0. The summed E-state index contributed by atoms with van der Waals surface area (Å²) in [7, 11) is 0. The summed E-state index contributed by atoms with van der Waals surface area (Å²) < 4.78 is 5.44. The number of benzene rings is 1. The molecule has 6 heteroatoms. The van der Waals surface area contributed by atoms with E-state index in [4.69, 9.17) is 16.3 Å². The van der Waals surface area contributed by atoms with Gasteiger partial charge in [-0.2, -0.15) is 10.2 Å². The fourth-order valence-electron chi connectivity index (χ4n) is 1.10. The third-order valence-corrected chi connectivity index (χ3v) is 1.87. The van der Waals surface area contributed by atoms with Gasteiger partial charge in [0.15, 0.2) is 5.84 Å². The highest BCUT2D eigenvalue weighted by Gasteiger charge is 2.00. The first-order valence-corrected chi connectivity index (χ1v) is 4.70. The molecule has 0 heterocycles. The van der Waals surface area contributed by atoms with Crippen molar-refractivity contribution in [3.05, 3.63) is 29.8 Å². The predicted molar refractivity (Wildman–Crippen MR) is 64.1 cm³/mol. The van der Waals surface area contributed by atoms with Crippen molar-refractivity contribution in [3.8, 4) is 5.75 Å². The van der Waals surface area contributed by atoms with Crippen LogP contribution in [-0.2, 0) is 6.54 Å². The zero-order valence-electron chi connectivity index (χ0n) is 8.89. The quantitative estimate of drug-likeness (QED) is 0.282. The van der Waals surface area contributed by atoms with Crippen LogP contribution in [-0.4, -0.2) is 19.2 Å². The van der Waals surface area contributed by atoms with E-state index in [1.54, 1.807) is 0 Å². The molecule has 86 valence electrons. The maximum atomic E-state index is 5.51. The maximum absolute atomic E-state index is 5.51. The van der Waals surface area contributed by atoms with Crippen LogP contribution in [0.15, 0.2) is 34.5 Å². The molecule has 0 atom stereocenters. The SMILES string of the molecule is C=NN/C(COc1cccc(CN)c1)=N\N. The lowest BCUT2D eigenvalue weighted by atomic mass is 10.2. The summed E-state index contributed by atoms with van der Waals surface area (Å²) in [5.74, 6) is 6.22. The maximum Gasteiger partial charge on any atom is 0.180 e. The number of nitrogens with two attached hydrogens (primary N) is 2. The second-order valence-electron chi connectivity index (χ2n) is 2.99. The van der Waals surface area contributed by atoms with Crippen molar-refractivity contribution in [1.29, 1.82) is 0 Å². The van der Waals surface area contributed by atoms with Crippen molar-refractivity contribution in [3.63, 3.8) is 0 Å². The highest BCUT2D eigenvalue weighted by Crippen LogP contribution is 2.12. The van der Waals surface area contributed by atoms with E-state index in [0.717, 1.165) is 5.56 Å². The van der Waals surface area contributed by atoms with Gasteiger partial charge in [0.25, 0.3) is 0 Å². The molecule has 0 saturated carbocycles. The summed E-state index contributed by atoms with van der Waals surface area (Å²) in [5.41, 5.74) is 9.03. The van der Waals surface area contributed by atoms with E-state index < -0.39 is 0 Å². The Bertz CT molecular complexity index is 377. The first-order chi connectivity index (χ1) is 7.80. The van der Waals surface area contributed by atoms with E-state index in [9.17, 15) is 0 Å². The highest BCUT2D eigenvalue weighted by molar-refractivity contribution is 5.83. The number of hydrazone groups is 2. The number of amidine groups is 1. The zero-order chi connectivity index (χ0) is 11.8. The van der Waals surface area contributed by atoms with Crippen molar-refractivity contribution < 1.29 is 4.74 Å². The Kier molecular flexibility index (Phi) is 4.81. The average Bonchev–Trinajstić information content (AvgIpc) is 2.34. The summed E-state index contributed by atoms with van der Waals surface area (Å²) in [5, 5.41) is 6.90. The molecule has 1 aromatic carbocycles. The molecular formula is C10H15N5O. The lowest BCUT2D eigenvalue weighted by Gasteiger charge is -2.08. The van der Waals surface area contributed by atoms with Crippen LogP contribution in [0.2, 0.25) is 0 Å². The van der Waals surface area contributed by atoms with Crippen LogP contribution < -0.4 is 21.7 Å². The standard InChI is InChI=1S/C10H15N5O/c1-13-15-10(14-12)7-16-9-4-2-3-8(5-9)6-11/h2-5H,1,6-7,11-12H2,(H,14,15). The summed E-state index contributed by atoms with van der Waals surface area (Å²) >= 11 is 0. The molecule has 0 saturated heterocycles. The average molecular weight is 221 g/mol. The van der Waals surface area contributed by atoms with Gasteiger partial charge in [-0.1, -0.05) is 12.1 Å². The van der Waals surface area contributed by atoms with Gasteiger partial charge in [0.1, 0.15) is 12.4 Å². The zero-order valence-corrected chi connectivity index (χ0v) is 8.89. The summed E-state index contributed by atoms with van der Waals surface area (Å²) in [6.45, 7) is 3.93. The van der Waals surface area contributed by atoms with Crippen LogP contribution in [0.1, 0.15) is 5.56 Å². The van der Waals surface area contributed by atoms with Crippen LogP contribution in [0, 0.1) is 0 Å². The molecule has 0 bridgehead atoms. The van der Waals surface area contributed by atoms with E-state index in [1.165, 1.54) is 0 Å². The van der Waals surface area contributed by atoms with Gasteiger partial charge in [-0.3, -0.25) is 5.43 Å². The molecule has 0 aliphatic heterocycles. The molecule has 1 aromatic rings. The first-order valence-electron chi connectivity index (χ1n) is 4.70. The molecule has 0 radical (unpaired) electrons. The molecule has 1 rings (SSSR count). The molecule has 5 N–H and O–H groups in total. The van der Waals surface area contributed by atoms with Gasteiger partial charge in [-0.25, -0.2) is 0 Å². The largest absolute Gasteiger partial charge is 0.486 e. The number of rotatable bonds is 5. The van der Waals surface area contributed by atoms with Crippen LogP contribution in [0.25, 0.3) is 0 Å². The van der Waals surface area contributed by atoms with E-state index in [-0.39, 0.29) is 6.61 Å². The molecule has 0 aliphatic rings. The normalized spacial score (nSPS) is 10.9. The fraction of sp³-hybridized carbons (Fsp3) is 0.200.